The summed E-state index contributed by atoms with van der Waals surface area (Å²) in [6.07, 6.45) is -0.688. The molecule has 0 bridgehead atoms. The van der Waals surface area contributed by atoms with Gasteiger partial charge in [-0.25, -0.2) is 9.59 Å². The Labute approximate surface area is 117 Å². The molecular weight excluding hydrogens is 260 g/mol. The van der Waals surface area contributed by atoms with E-state index < -0.39 is 18.1 Å². The monoisotopic (exact) mass is 280 g/mol. The molecule has 6 heteroatoms. The van der Waals surface area contributed by atoms with E-state index in [1.807, 2.05) is 32.0 Å². The summed E-state index contributed by atoms with van der Waals surface area (Å²) < 4.78 is 0. The maximum atomic E-state index is 11.7. The first-order valence-corrected chi connectivity index (χ1v) is 6.50. The van der Waals surface area contributed by atoms with Crippen molar-refractivity contribution in [3.05, 3.63) is 29.3 Å². The minimum Gasteiger partial charge on any atom is -0.479 e. The van der Waals surface area contributed by atoms with Crippen LogP contribution in [0, 0.1) is 6.92 Å². The number of carbonyl (C=O) groups excluding carboxylic acids is 1. The quantitative estimate of drug-likeness (QED) is 0.635. The molecule has 0 heterocycles. The fourth-order valence-corrected chi connectivity index (χ4v) is 1.81. The van der Waals surface area contributed by atoms with Crippen LogP contribution in [0.25, 0.3) is 0 Å². The third-order valence-corrected chi connectivity index (χ3v) is 2.97. The lowest BCUT2D eigenvalue weighted by molar-refractivity contribution is -0.146. The van der Waals surface area contributed by atoms with E-state index in [0.717, 1.165) is 23.2 Å². The van der Waals surface area contributed by atoms with Crippen LogP contribution in [0.3, 0.4) is 0 Å². The Bertz CT molecular complexity index is 488. The third kappa shape index (κ3) is 4.55. The van der Waals surface area contributed by atoms with Crippen molar-refractivity contribution in [2.24, 2.45) is 0 Å². The average Bonchev–Trinajstić information content (AvgIpc) is 2.40. The van der Waals surface area contributed by atoms with E-state index in [1.54, 1.807) is 0 Å². The SMILES string of the molecule is CCc1cccc(C)c1NC(=O)NCC[C@H](O)C(=O)O. The van der Waals surface area contributed by atoms with Crippen molar-refractivity contribution < 1.29 is 19.8 Å². The largest absolute Gasteiger partial charge is 0.479 e. The van der Waals surface area contributed by atoms with Crippen LogP contribution in [0.15, 0.2) is 18.2 Å². The number of nitrogens with one attached hydrogen (secondary N) is 2. The van der Waals surface area contributed by atoms with E-state index in [-0.39, 0.29) is 13.0 Å². The molecule has 0 aliphatic heterocycles. The Hall–Kier alpha value is -2.08. The Morgan fingerprint density at radius 1 is 1.35 bits per heavy atom. The number of aryl methyl sites for hydroxylation is 2. The number of aliphatic hydroxyl groups is 1. The van der Waals surface area contributed by atoms with Crippen molar-refractivity contribution in [1.29, 1.82) is 0 Å². The molecule has 1 rings (SSSR count). The van der Waals surface area contributed by atoms with Gasteiger partial charge in [-0.15, -0.1) is 0 Å². The van der Waals surface area contributed by atoms with Crippen LogP contribution in [0.1, 0.15) is 24.5 Å². The summed E-state index contributed by atoms with van der Waals surface area (Å²) in [7, 11) is 0. The van der Waals surface area contributed by atoms with Crippen LogP contribution in [0.2, 0.25) is 0 Å². The van der Waals surface area contributed by atoms with E-state index in [4.69, 9.17) is 10.2 Å². The van der Waals surface area contributed by atoms with E-state index >= 15 is 0 Å². The Morgan fingerprint density at radius 3 is 2.65 bits per heavy atom. The predicted octanol–water partition coefficient (Wildman–Crippen LogP) is 1.51. The molecule has 1 aromatic rings. The summed E-state index contributed by atoms with van der Waals surface area (Å²) >= 11 is 0. The van der Waals surface area contributed by atoms with Crippen LogP contribution in [-0.2, 0) is 11.2 Å². The topological polar surface area (TPSA) is 98.7 Å². The molecule has 1 atom stereocenters. The Kier molecular flexibility index (Phi) is 5.99. The number of carboxylic acids is 1. The van der Waals surface area contributed by atoms with Crippen molar-refractivity contribution >= 4 is 17.7 Å². The number of hydrogen-bond acceptors (Lipinski definition) is 3. The smallest absolute Gasteiger partial charge is 0.332 e. The lowest BCUT2D eigenvalue weighted by Crippen LogP contribution is -2.33. The van der Waals surface area contributed by atoms with Crippen molar-refractivity contribution in [3.8, 4) is 0 Å². The zero-order chi connectivity index (χ0) is 15.1. The van der Waals surface area contributed by atoms with Gasteiger partial charge in [0.15, 0.2) is 6.10 Å². The molecule has 0 fully saturated rings. The van der Waals surface area contributed by atoms with Gasteiger partial charge >= 0.3 is 12.0 Å². The van der Waals surface area contributed by atoms with Crippen LogP contribution < -0.4 is 10.6 Å². The van der Waals surface area contributed by atoms with Gasteiger partial charge in [0.1, 0.15) is 0 Å². The number of hydrogen-bond donors (Lipinski definition) is 4. The number of carbonyl (C=O) groups is 2. The minimum absolute atomic E-state index is 0.0306. The van der Waals surface area contributed by atoms with Crippen LogP contribution in [0.5, 0.6) is 0 Å². The molecule has 0 saturated carbocycles. The number of aliphatic carboxylic acids is 1. The van der Waals surface area contributed by atoms with Crippen LogP contribution in [0.4, 0.5) is 10.5 Å². The first kappa shape index (κ1) is 16.0. The van der Waals surface area contributed by atoms with E-state index in [1.165, 1.54) is 0 Å². The highest BCUT2D eigenvalue weighted by molar-refractivity contribution is 5.91. The Morgan fingerprint density at radius 2 is 2.05 bits per heavy atom. The maximum Gasteiger partial charge on any atom is 0.332 e. The second-order valence-corrected chi connectivity index (χ2v) is 4.49. The molecule has 6 nitrogen and oxygen atoms in total. The minimum atomic E-state index is -1.46. The standard InChI is InChI=1S/C14H20N2O4/c1-3-10-6-4-5-9(2)12(10)16-14(20)15-8-7-11(17)13(18)19/h4-6,11,17H,3,7-8H2,1-2H3,(H,18,19)(H2,15,16,20)/t11-/m0/s1. The summed E-state index contributed by atoms with van der Waals surface area (Å²) in [6, 6.07) is 5.37. The number of anilines is 1. The normalized spacial score (nSPS) is 11.8. The molecule has 110 valence electrons. The number of carboxylic acid groups (broad SMARTS) is 1. The molecule has 0 unspecified atom stereocenters. The zero-order valence-corrected chi connectivity index (χ0v) is 11.6. The fraction of sp³-hybridized carbons (Fsp3) is 0.429. The zero-order valence-electron chi connectivity index (χ0n) is 11.6. The van der Waals surface area contributed by atoms with E-state index in [0.29, 0.717) is 0 Å². The van der Waals surface area contributed by atoms with Gasteiger partial charge in [-0.05, 0) is 24.5 Å². The van der Waals surface area contributed by atoms with Crippen molar-refractivity contribution in [2.45, 2.75) is 32.8 Å². The number of benzene rings is 1. The lowest BCUT2D eigenvalue weighted by Gasteiger charge is -2.14. The number of para-hydroxylation sites is 1. The van der Waals surface area contributed by atoms with Crippen molar-refractivity contribution in [2.75, 3.05) is 11.9 Å². The summed E-state index contributed by atoms with van der Waals surface area (Å²) in [5, 5.41) is 22.9. The summed E-state index contributed by atoms with van der Waals surface area (Å²) in [5.41, 5.74) is 2.77. The van der Waals surface area contributed by atoms with Gasteiger partial charge in [-0.2, -0.15) is 0 Å². The molecule has 0 aliphatic rings. The van der Waals surface area contributed by atoms with Gasteiger partial charge in [-0.3, -0.25) is 0 Å². The molecule has 20 heavy (non-hydrogen) atoms. The second-order valence-electron chi connectivity index (χ2n) is 4.49. The highest BCUT2D eigenvalue weighted by Crippen LogP contribution is 2.20. The number of amides is 2. The first-order valence-electron chi connectivity index (χ1n) is 6.50. The maximum absolute atomic E-state index is 11.7. The highest BCUT2D eigenvalue weighted by atomic mass is 16.4. The molecule has 0 spiro atoms. The molecule has 2 amide bonds. The van der Waals surface area contributed by atoms with E-state index in [2.05, 4.69) is 10.6 Å². The van der Waals surface area contributed by atoms with Gasteiger partial charge in [0.25, 0.3) is 0 Å². The van der Waals surface area contributed by atoms with Crippen LogP contribution >= 0.6 is 0 Å². The molecule has 0 radical (unpaired) electrons. The van der Waals surface area contributed by atoms with E-state index in [9.17, 15) is 9.59 Å². The number of urea groups is 1. The second kappa shape index (κ2) is 7.49. The van der Waals surface area contributed by atoms with Gasteiger partial charge in [0.05, 0.1) is 0 Å². The number of aliphatic hydroxyl groups excluding tert-OH is 1. The average molecular weight is 280 g/mol. The molecule has 0 aromatic heterocycles. The summed E-state index contributed by atoms with van der Waals surface area (Å²) in [5.74, 6) is -1.29. The lowest BCUT2D eigenvalue weighted by atomic mass is 10.1. The van der Waals surface area contributed by atoms with Gasteiger partial charge in [0, 0.05) is 18.7 Å². The number of rotatable bonds is 6. The van der Waals surface area contributed by atoms with Crippen molar-refractivity contribution in [1.82, 2.24) is 5.32 Å². The molecular formula is C14H20N2O4. The Balaban J connectivity index is 2.53. The molecule has 0 aliphatic carbocycles. The highest BCUT2D eigenvalue weighted by Gasteiger charge is 2.13. The van der Waals surface area contributed by atoms with Crippen LogP contribution in [-0.4, -0.2) is 34.9 Å². The van der Waals surface area contributed by atoms with Gasteiger partial charge in [0.2, 0.25) is 0 Å². The summed E-state index contributed by atoms with van der Waals surface area (Å²) in [4.78, 5) is 22.1. The fourth-order valence-electron chi connectivity index (χ4n) is 1.81. The van der Waals surface area contributed by atoms with Gasteiger partial charge in [-0.1, -0.05) is 25.1 Å². The molecule has 4 N–H and O–H groups in total. The third-order valence-electron chi connectivity index (χ3n) is 2.97. The summed E-state index contributed by atoms with van der Waals surface area (Å²) in [6.45, 7) is 4.00. The molecule has 0 saturated heterocycles. The predicted molar refractivity (Wildman–Crippen MR) is 75.8 cm³/mol. The van der Waals surface area contributed by atoms with Crippen molar-refractivity contribution in [3.63, 3.8) is 0 Å². The first-order chi connectivity index (χ1) is 9.45. The molecule has 1 aromatic carbocycles. The van der Waals surface area contributed by atoms with Gasteiger partial charge < -0.3 is 20.8 Å².